The van der Waals surface area contributed by atoms with Crippen molar-refractivity contribution in [2.75, 3.05) is 18.0 Å². The number of hydrogen-bond acceptors (Lipinski definition) is 4. The van der Waals surface area contributed by atoms with E-state index in [1.54, 1.807) is 11.3 Å². The van der Waals surface area contributed by atoms with Crippen LogP contribution >= 0.6 is 22.9 Å². The molecule has 0 aromatic carbocycles. The van der Waals surface area contributed by atoms with Gasteiger partial charge in [-0.3, -0.25) is 0 Å². The topological polar surface area (TPSA) is 29.0 Å². The van der Waals surface area contributed by atoms with E-state index in [0.29, 0.717) is 5.15 Å². The molecule has 86 valence electrons. The second-order valence-corrected chi connectivity index (χ2v) is 5.16. The molecule has 0 radical (unpaired) electrons. The third-order valence-corrected chi connectivity index (χ3v) is 3.74. The second-order valence-electron chi connectivity index (χ2n) is 3.56. The fraction of sp³-hybridized carbons (Fsp3) is 0.455. The molecule has 0 spiro atoms. The van der Waals surface area contributed by atoms with E-state index in [4.69, 9.17) is 11.6 Å². The standard InChI is InChI=1S/C11H14ClN3S/c1-4-15(5-2)11-13-9(12)8-6-7(3)16-10(8)14-11/h6H,4-5H2,1-3H3. The zero-order valence-electron chi connectivity index (χ0n) is 9.62. The summed E-state index contributed by atoms with van der Waals surface area (Å²) >= 11 is 7.82. The predicted molar refractivity (Wildman–Crippen MR) is 70.7 cm³/mol. The van der Waals surface area contributed by atoms with Gasteiger partial charge in [0.25, 0.3) is 0 Å². The van der Waals surface area contributed by atoms with Gasteiger partial charge in [-0.05, 0) is 26.8 Å². The minimum absolute atomic E-state index is 0.552. The first kappa shape index (κ1) is 11.6. The number of hydrogen-bond donors (Lipinski definition) is 0. The van der Waals surface area contributed by atoms with Crippen molar-refractivity contribution in [2.24, 2.45) is 0 Å². The van der Waals surface area contributed by atoms with Gasteiger partial charge in [0, 0.05) is 23.4 Å². The molecule has 0 atom stereocenters. The third kappa shape index (κ3) is 1.99. The number of anilines is 1. The van der Waals surface area contributed by atoms with Gasteiger partial charge in [0.2, 0.25) is 5.95 Å². The van der Waals surface area contributed by atoms with Gasteiger partial charge in [0.05, 0.1) is 0 Å². The number of aryl methyl sites for hydroxylation is 1. The summed E-state index contributed by atoms with van der Waals surface area (Å²) in [5.74, 6) is 0.726. The Bertz CT molecular complexity index is 505. The molecule has 0 unspecified atom stereocenters. The first-order chi connectivity index (χ1) is 7.65. The Kier molecular flexibility index (Phi) is 3.30. The summed E-state index contributed by atoms with van der Waals surface area (Å²) in [6.45, 7) is 8.01. The van der Waals surface area contributed by atoms with Crippen LogP contribution in [-0.2, 0) is 0 Å². The smallest absolute Gasteiger partial charge is 0.228 e. The number of thiophene rings is 1. The fourth-order valence-corrected chi connectivity index (χ4v) is 2.79. The lowest BCUT2D eigenvalue weighted by Crippen LogP contribution is -2.24. The summed E-state index contributed by atoms with van der Waals surface area (Å²) < 4.78 is 0. The Morgan fingerprint density at radius 2 is 2.00 bits per heavy atom. The average molecular weight is 256 g/mol. The van der Waals surface area contributed by atoms with Gasteiger partial charge < -0.3 is 4.90 Å². The zero-order valence-corrected chi connectivity index (χ0v) is 11.2. The molecule has 0 saturated carbocycles. The van der Waals surface area contributed by atoms with Crippen molar-refractivity contribution in [2.45, 2.75) is 20.8 Å². The molecule has 0 fully saturated rings. The summed E-state index contributed by atoms with van der Waals surface area (Å²) in [6.07, 6.45) is 0. The van der Waals surface area contributed by atoms with Crippen LogP contribution in [0.25, 0.3) is 10.2 Å². The highest BCUT2D eigenvalue weighted by Crippen LogP contribution is 2.29. The second kappa shape index (κ2) is 4.55. The zero-order chi connectivity index (χ0) is 11.7. The molecule has 0 N–H and O–H groups in total. The van der Waals surface area contributed by atoms with Crippen LogP contribution in [0, 0.1) is 6.92 Å². The summed E-state index contributed by atoms with van der Waals surface area (Å²) in [5.41, 5.74) is 0. The van der Waals surface area contributed by atoms with Gasteiger partial charge in [-0.25, -0.2) is 9.97 Å². The Hall–Kier alpha value is -0.870. The molecule has 3 nitrogen and oxygen atoms in total. The molecule has 0 aliphatic rings. The summed E-state index contributed by atoms with van der Waals surface area (Å²) in [6, 6.07) is 2.04. The van der Waals surface area contributed by atoms with Crippen LogP contribution in [0.5, 0.6) is 0 Å². The van der Waals surface area contributed by atoms with Crippen molar-refractivity contribution < 1.29 is 0 Å². The largest absolute Gasteiger partial charge is 0.341 e. The van der Waals surface area contributed by atoms with Crippen molar-refractivity contribution in [1.82, 2.24) is 9.97 Å². The van der Waals surface area contributed by atoms with Gasteiger partial charge in [0.15, 0.2) is 0 Å². The van der Waals surface area contributed by atoms with E-state index in [2.05, 4.69) is 35.6 Å². The van der Waals surface area contributed by atoms with Crippen molar-refractivity contribution in [1.29, 1.82) is 0 Å². The quantitative estimate of drug-likeness (QED) is 0.786. The first-order valence-corrected chi connectivity index (χ1v) is 6.53. The number of aromatic nitrogens is 2. The Morgan fingerprint density at radius 1 is 1.31 bits per heavy atom. The number of fused-ring (bicyclic) bond motifs is 1. The Labute approximate surface area is 104 Å². The van der Waals surface area contributed by atoms with Gasteiger partial charge in [-0.1, -0.05) is 11.6 Å². The highest BCUT2D eigenvalue weighted by molar-refractivity contribution is 7.18. The van der Waals surface area contributed by atoms with E-state index >= 15 is 0 Å². The predicted octanol–water partition coefficient (Wildman–Crippen LogP) is 3.50. The number of halogens is 1. The molecule has 0 saturated heterocycles. The van der Waals surface area contributed by atoms with Crippen LogP contribution in [0.15, 0.2) is 6.07 Å². The monoisotopic (exact) mass is 255 g/mol. The highest BCUT2D eigenvalue weighted by atomic mass is 35.5. The molecule has 2 rings (SSSR count). The molecular formula is C11H14ClN3S. The van der Waals surface area contributed by atoms with Crippen molar-refractivity contribution >= 4 is 39.1 Å². The Morgan fingerprint density at radius 3 is 2.62 bits per heavy atom. The maximum absolute atomic E-state index is 6.16. The van der Waals surface area contributed by atoms with Crippen molar-refractivity contribution in [3.63, 3.8) is 0 Å². The summed E-state index contributed by atoms with van der Waals surface area (Å²) in [7, 11) is 0. The molecule has 16 heavy (non-hydrogen) atoms. The van der Waals surface area contributed by atoms with E-state index in [-0.39, 0.29) is 0 Å². The molecule has 0 aliphatic carbocycles. The van der Waals surface area contributed by atoms with Crippen LogP contribution < -0.4 is 4.90 Å². The maximum Gasteiger partial charge on any atom is 0.228 e. The van der Waals surface area contributed by atoms with Crippen LogP contribution in [0.4, 0.5) is 5.95 Å². The van der Waals surface area contributed by atoms with Crippen molar-refractivity contribution in [3.8, 4) is 0 Å². The van der Waals surface area contributed by atoms with Gasteiger partial charge in [0.1, 0.15) is 9.98 Å². The first-order valence-electron chi connectivity index (χ1n) is 5.34. The van der Waals surface area contributed by atoms with E-state index in [9.17, 15) is 0 Å². The highest BCUT2D eigenvalue weighted by Gasteiger charge is 2.11. The molecule has 5 heteroatoms. The molecule has 2 aromatic rings. The molecule has 0 aliphatic heterocycles. The third-order valence-electron chi connectivity index (χ3n) is 2.50. The van der Waals surface area contributed by atoms with E-state index in [0.717, 1.165) is 29.3 Å². The fourth-order valence-electron chi connectivity index (χ4n) is 1.64. The van der Waals surface area contributed by atoms with Crippen LogP contribution in [0.2, 0.25) is 5.15 Å². The van der Waals surface area contributed by atoms with E-state index in [1.165, 1.54) is 4.88 Å². The van der Waals surface area contributed by atoms with Crippen LogP contribution in [0.1, 0.15) is 18.7 Å². The average Bonchev–Trinajstić information content (AvgIpc) is 2.61. The molecule has 2 aromatic heterocycles. The van der Waals surface area contributed by atoms with E-state index < -0.39 is 0 Å². The summed E-state index contributed by atoms with van der Waals surface area (Å²) in [4.78, 5) is 13.2. The SMILES string of the molecule is CCN(CC)c1nc(Cl)c2cc(C)sc2n1. The van der Waals surface area contributed by atoms with Crippen LogP contribution in [-0.4, -0.2) is 23.1 Å². The normalized spacial score (nSPS) is 11.0. The van der Waals surface area contributed by atoms with Crippen molar-refractivity contribution in [3.05, 3.63) is 16.1 Å². The lowest BCUT2D eigenvalue weighted by Gasteiger charge is -2.18. The molecule has 0 amide bonds. The Balaban J connectivity index is 2.56. The van der Waals surface area contributed by atoms with Gasteiger partial charge >= 0.3 is 0 Å². The minimum Gasteiger partial charge on any atom is -0.341 e. The molecular weight excluding hydrogens is 242 g/mol. The number of rotatable bonds is 3. The lowest BCUT2D eigenvalue weighted by molar-refractivity contribution is 0.827. The van der Waals surface area contributed by atoms with Gasteiger partial charge in [-0.2, -0.15) is 0 Å². The minimum atomic E-state index is 0.552. The van der Waals surface area contributed by atoms with E-state index in [1.807, 2.05) is 6.07 Å². The summed E-state index contributed by atoms with van der Waals surface area (Å²) in [5, 5.41) is 1.51. The molecule has 0 bridgehead atoms. The number of nitrogens with zero attached hydrogens (tertiary/aromatic N) is 3. The lowest BCUT2D eigenvalue weighted by atomic mass is 10.4. The molecule has 2 heterocycles. The van der Waals surface area contributed by atoms with Crippen LogP contribution in [0.3, 0.4) is 0 Å². The maximum atomic E-state index is 6.16. The van der Waals surface area contributed by atoms with Gasteiger partial charge in [-0.15, -0.1) is 11.3 Å².